The Labute approximate surface area is 107 Å². The number of ether oxygens (including phenoxy) is 4. The summed E-state index contributed by atoms with van der Waals surface area (Å²) in [5.74, 6) is -0.502. The first-order valence-electron chi connectivity index (χ1n) is 6.23. The van der Waals surface area contributed by atoms with Gasteiger partial charge in [-0.1, -0.05) is 0 Å². The fourth-order valence-corrected chi connectivity index (χ4v) is 1.55. The highest BCUT2D eigenvalue weighted by Gasteiger charge is 2.18. The highest BCUT2D eigenvalue weighted by molar-refractivity contribution is 5.70. The summed E-state index contributed by atoms with van der Waals surface area (Å²) in [4.78, 5) is 22.5. The lowest BCUT2D eigenvalue weighted by atomic mass is 10.2. The Hall–Kier alpha value is -1.14. The van der Waals surface area contributed by atoms with Crippen LogP contribution in [0.4, 0.5) is 0 Å². The molecule has 18 heavy (non-hydrogen) atoms. The molecular formula is C12H20O6. The van der Waals surface area contributed by atoms with Crippen molar-refractivity contribution >= 4 is 11.9 Å². The first-order chi connectivity index (χ1) is 8.72. The normalized spacial score (nSPS) is 16.3. The molecule has 104 valence electrons. The first kappa shape index (κ1) is 14.9. The average Bonchev–Trinajstić information content (AvgIpc) is 2.36. The predicted octanol–water partition coefficient (Wildman–Crippen LogP) is 1.03. The molecule has 1 heterocycles. The molecule has 0 spiro atoms. The lowest BCUT2D eigenvalue weighted by Gasteiger charge is -2.22. The Balaban J connectivity index is 2.01. The number of esters is 2. The minimum Gasteiger partial charge on any atom is -0.466 e. The van der Waals surface area contributed by atoms with Crippen LogP contribution >= 0.6 is 0 Å². The van der Waals surface area contributed by atoms with E-state index < -0.39 is 0 Å². The van der Waals surface area contributed by atoms with E-state index in [-0.39, 0.29) is 24.8 Å². The molecule has 6 nitrogen and oxygen atoms in total. The van der Waals surface area contributed by atoms with Crippen LogP contribution in [0.2, 0.25) is 0 Å². The zero-order valence-corrected chi connectivity index (χ0v) is 10.7. The van der Waals surface area contributed by atoms with Gasteiger partial charge in [0.2, 0.25) is 0 Å². The molecule has 0 aromatic carbocycles. The lowest BCUT2D eigenvalue weighted by molar-refractivity contribution is -0.183. The molecule has 0 saturated carbocycles. The maximum absolute atomic E-state index is 11.4. The fraction of sp³-hybridized carbons (Fsp3) is 0.833. The van der Waals surface area contributed by atoms with Crippen LogP contribution in [-0.4, -0.2) is 44.7 Å². The second-order valence-electron chi connectivity index (χ2n) is 3.98. The van der Waals surface area contributed by atoms with E-state index in [9.17, 15) is 9.59 Å². The van der Waals surface area contributed by atoms with Crippen LogP contribution in [0.25, 0.3) is 0 Å². The van der Waals surface area contributed by atoms with Gasteiger partial charge in [-0.05, 0) is 19.8 Å². The van der Waals surface area contributed by atoms with E-state index in [4.69, 9.17) is 18.9 Å². The number of hydrogen-bond donors (Lipinski definition) is 0. The van der Waals surface area contributed by atoms with Crippen LogP contribution in [0.1, 0.15) is 32.6 Å². The smallest absolute Gasteiger partial charge is 0.306 e. The van der Waals surface area contributed by atoms with E-state index in [0.29, 0.717) is 45.5 Å². The van der Waals surface area contributed by atoms with Gasteiger partial charge in [-0.25, -0.2) is 0 Å². The number of carbonyl (C=O) groups excluding carboxylic acids is 2. The van der Waals surface area contributed by atoms with E-state index >= 15 is 0 Å². The summed E-state index contributed by atoms with van der Waals surface area (Å²) in [6.45, 7) is 3.18. The topological polar surface area (TPSA) is 71.1 Å². The quantitative estimate of drug-likeness (QED) is 0.503. The molecule has 1 saturated heterocycles. The fourth-order valence-electron chi connectivity index (χ4n) is 1.55. The Morgan fingerprint density at radius 3 is 2.33 bits per heavy atom. The molecule has 0 aromatic rings. The largest absolute Gasteiger partial charge is 0.466 e. The molecule has 0 unspecified atom stereocenters. The van der Waals surface area contributed by atoms with Crippen LogP contribution in [0.3, 0.4) is 0 Å². The summed E-state index contributed by atoms with van der Waals surface area (Å²) in [5.41, 5.74) is 0. The third-order valence-electron chi connectivity index (χ3n) is 2.39. The van der Waals surface area contributed by atoms with Crippen molar-refractivity contribution in [3.63, 3.8) is 0 Å². The monoisotopic (exact) mass is 260 g/mol. The van der Waals surface area contributed by atoms with Gasteiger partial charge >= 0.3 is 11.9 Å². The summed E-state index contributed by atoms with van der Waals surface area (Å²) >= 11 is 0. The Kier molecular flexibility index (Phi) is 7.36. The maximum Gasteiger partial charge on any atom is 0.306 e. The summed E-state index contributed by atoms with van der Waals surface area (Å²) < 4.78 is 19.9. The third kappa shape index (κ3) is 6.56. The molecule has 0 amide bonds. The molecular weight excluding hydrogens is 240 g/mol. The molecule has 1 aliphatic heterocycles. The third-order valence-corrected chi connectivity index (χ3v) is 2.39. The number of hydrogen-bond acceptors (Lipinski definition) is 6. The maximum atomic E-state index is 11.4. The van der Waals surface area contributed by atoms with Gasteiger partial charge in [0.1, 0.15) is 12.9 Å². The number of rotatable bonds is 7. The molecule has 0 aliphatic carbocycles. The Morgan fingerprint density at radius 1 is 1.11 bits per heavy atom. The molecule has 0 N–H and O–H groups in total. The van der Waals surface area contributed by atoms with Gasteiger partial charge < -0.3 is 18.9 Å². The second-order valence-corrected chi connectivity index (χ2v) is 3.98. The highest BCUT2D eigenvalue weighted by Crippen LogP contribution is 2.07. The molecule has 1 rings (SSSR count). The van der Waals surface area contributed by atoms with Crippen LogP contribution in [0.5, 0.6) is 0 Å². The van der Waals surface area contributed by atoms with Gasteiger partial charge in [0.25, 0.3) is 0 Å². The van der Waals surface area contributed by atoms with Crippen molar-refractivity contribution in [1.82, 2.24) is 0 Å². The SMILES string of the molecule is CCOC(=O)CCCCC(=O)OC1COCOC1. The van der Waals surface area contributed by atoms with E-state index in [1.165, 1.54) is 0 Å². The molecule has 0 bridgehead atoms. The van der Waals surface area contributed by atoms with Crippen molar-refractivity contribution in [1.29, 1.82) is 0 Å². The predicted molar refractivity (Wildman–Crippen MR) is 61.8 cm³/mol. The Bertz CT molecular complexity index is 259. The van der Waals surface area contributed by atoms with Crippen LogP contribution in [-0.2, 0) is 28.5 Å². The zero-order chi connectivity index (χ0) is 13.2. The van der Waals surface area contributed by atoms with E-state index in [1.54, 1.807) is 6.92 Å². The summed E-state index contributed by atoms with van der Waals surface area (Å²) in [6.07, 6.45) is 1.58. The summed E-state index contributed by atoms with van der Waals surface area (Å²) in [7, 11) is 0. The van der Waals surface area contributed by atoms with Crippen molar-refractivity contribution in [2.75, 3.05) is 26.6 Å². The number of unbranched alkanes of at least 4 members (excludes halogenated alkanes) is 1. The van der Waals surface area contributed by atoms with Crippen molar-refractivity contribution in [2.45, 2.75) is 38.7 Å². The van der Waals surface area contributed by atoms with Gasteiger partial charge in [0.05, 0.1) is 19.8 Å². The highest BCUT2D eigenvalue weighted by atomic mass is 16.7. The van der Waals surface area contributed by atoms with Gasteiger partial charge in [0, 0.05) is 12.8 Å². The number of carbonyl (C=O) groups is 2. The first-order valence-corrected chi connectivity index (χ1v) is 6.23. The minimum absolute atomic E-state index is 0.222. The van der Waals surface area contributed by atoms with Crippen LogP contribution < -0.4 is 0 Å². The molecule has 6 heteroatoms. The Morgan fingerprint density at radius 2 is 1.72 bits per heavy atom. The summed E-state index contributed by atoms with van der Waals surface area (Å²) in [6, 6.07) is 0. The van der Waals surface area contributed by atoms with E-state index in [2.05, 4.69) is 0 Å². The molecule has 1 aliphatic rings. The molecule has 0 radical (unpaired) electrons. The van der Waals surface area contributed by atoms with Crippen LogP contribution in [0, 0.1) is 0 Å². The molecule has 0 atom stereocenters. The minimum atomic E-state index is -0.309. The van der Waals surface area contributed by atoms with Crippen molar-refractivity contribution in [3.8, 4) is 0 Å². The lowest BCUT2D eigenvalue weighted by Crippen LogP contribution is -2.33. The van der Waals surface area contributed by atoms with Gasteiger partial charge in [-0.15, -0.1) is 0 Å². The summed E-state index contributed by atoms with van der Waals surface area (Å²) in [5, 5.41) is 0. The van der Waals surface area contributed by atoms with Crippen molar-refractivity contribution in [3.05, 3.63) is 0 Å². The van der Waals surface area contributed by atoms with Crippen molar-refractivity contribution in [2.24, 2.45) is 0 Å². The van der Waals surface area contributed by atoms with Gasteiger partial charge in [0.15, 0.2) is 0 Å². The van der Waals surface area contributed by atoms with Crippen LogP contribution in [0.15, 0.2) is 0 Å². The second kappa shape index (κ2) is 8.88. The van der Waals surface area contributed by atoms with Gasteiger partial charge in [-0.3, -0.25) is 9.59 Å². The van der Waals surface area contributed by atoms with E-state index in [1.807, 2.05) is 0 Å². The molecule has 1 fully saturated rings. The van der Waals surface area contributed by atoms with Crippen molar-refractivity contribution < 1.29 is 28.5 Å². The average molecular weight is 260 g/mol. The van der Waals surface area contributed by atoms with Gasteiger partial charge in [-0.2, -0.15) is 0 Å². The zero-order valence-electron chi connectivity index (χ0n) is 10.7. The van der Waals surface area contributed by atoms with E-state index in [0.717, 1.165) is 0 Å². The molecule has 0 aromatic heterocycles. The standard InChI is InChI=1S/C12H20O6/c1-2-17-11(13)5-3-4-6-12(14)18-10-7-15-9-16-8-10/h10H,2-9H2,1H3.